The Kier molecular flexibility index (Phi) is 3.55. The van der Waals surface area contributed by atoms with Crippen molar-refractivity contribution in [3.05, 3.63) is 30.1 Å². The first kappa shape index (κ1) is 13.5. The Balaban J connectivity index is 2.12. The Labute approximate surface area is 111 Å². The lowest BCUT2D eigenvalue weighted by Crippen LogP contribution is -2.66. The van der Waals surface area contributed by atoms with Gasteiger partial charge in [0.25, 0.3) is 0 Å². The minimum Gasteiger partial charge on any atom is -0.328 e. The second-order valence-corrected chi connectivity index (χ2v) is 4.86. The fourth-order valence-electron chi connectivity index (χ4n) is 2.21. The van der Waals surface area contributed by atoms with E-state index in [0.717, 1.165) is 0 Å². The molecule has 1 atom stereocenters. The molecular formula is C14H17FN2O2. The normalized spacial score (nSPS) is 21.7. The SMILES string of the molecule is CCC(=O)N1CCC1(C)C(=O)Nc1ccccc1F. The molecule has 1 N–H and O–H groups in total. The number of likely N-dealkylation sites (tertiary alicyclic amines) is 1. The summed E-state index contributed by atoms with van der Waals surface area (Å²) in [7, 11) is 0. The summed E-state index contributed by atoms with van der Waals surface area (Å²) in [5.41, 5.74) is -0.723. The van der Waals surface area contributed by atoms with E-state index in [9.17, 15) is 14.0 Å². The molecule has 0 aliphatic carbocycles. The molecular weight excluding hydrogens is 247 g/mol. The second-order valence-electron chi connectivity index (χ2n) is 4.86. The molecule has 1 aromatic rings. The third-order valence-corrected chi connectivity index (χ3v) is 3.63. The Bertz CT molecular complexity index is 518. The summed E-state index contributed by atoms with van der Waals surface area (Å²) >= 11 is 0. The fourth-order valence-corrected chi connectivity index (χ4v) is 2.21. The van der Waals surface area contributed by atoms with Gasteiger partial charge in [-0.2, -0.15) is 0 Å². The van der Waals surface area contributed by atoms with Gasteiger partial charge in [0.1, 0.15) is 11.4 Å². The molecule has 2 rings (SSSR count). The first-order chi connectivity index (χ1) is 8.99. The van der Waals surface area contributed by atoms with Crippen molar-refractivity contribution < 1.29 is 14.0 Å². The molecule has 0 bridgehead atoms. The summed E-state index contributed by atoms with van der Waals surface area (Å²) in [5, 5.41) is 2.55. The standard InChI is InChI=1S/C14H17FN2O2/c1-3-12(18)17-9-8-14(17,2)13(19)16-11-7-5-4-6-10(11)15/h4-7H,3,8-9H2,1-2H3,(H,16,19). The van der Waals surface area contributed by atoms with E-state index in [-0.39, 0.29) is 17.5 Å². The summed E-state index contributed by atoms with van der Waals surface area (Å²) < 4.78 is 13.5. The summed E-state index contributed by atoms with van der Waals surface area (Å²) in [6.45, 7) is 4.05. The van der Waals surface area contributed by atoms with Gasteiger partial charge in [0.2, 0.25) is 11.8 Å². The van der Waals surface area contributed by atoms with Crippen LogP contribution in [0, 0.1) is 5.82 Å². The quantitative estimate of drug-likeness (QED) is 0.909. The molecule has 5 heteroatoms. The van der Waals surface area contributed by atoms with Crippen LogP contribution in [0.4, 0.5) is 10.1 Å². The summed E-state index contributed by atoms with van der Waals surface area (Å²) in [4.78, 5) is 25.5. The van der Waals surface area contributed by atoms with Crippen molar-refractivity contribution in [1.82, 2.24) is 4.90 Å². The van der Waals surface area contributed by atoms with Gasteiger partial charge in [-0.15, -0.1) is 0 Å². The van der Waals surface area contributed by atoms with Crippen molar-refractivity contribution in [1.29, 1.82) is 0 Å². The predicted molar refractivity (Wildman–Crippen MR) is 70.1 cm³/mol. The van der Waals surface area contributed by atoms with Crippen molar-refractivity contribution in [2.75, 3.05) is 11.9 Å². The number of para-hydroxylation sites is 1. The molecule has 4 nitrogen and oxygen atoms in total. The smallest absolute Gasteiger partial charge is 0.250 e. The molecule has 1 aliphatic rings. The van der Waals surface area contributed by atoms with Gasteiger partial charge in [0.05, 0.1) is 5.69 Å². The molecule has 0 saturated carbocycles. The molecule has 0 radical (unpaired) electrons. The average Bonchev–Trinajstić information content (AvgIpc) is 2.38. The zero-order valence-electron chi connectivity index (χ0n) is 11.1. The molecule has 1 fully saturated rings. The van der Waals surface area contributed by atoms with Crippen molar-refractivity contribution >= 4 is 17.5 Å². The van der Waals surface area contributed by atoms with Gasteiger partial charge in [-0.25, -0.2) is 4.39 Å². The van der Waals surface area contributed by atoms with E-state index < -0.39 is 11.4 Å². The molecule has 102 valence electrons. The van der Waals surface area contributed by atoms with Gasteiger partial charge in [0.15, 0.2) is 0 Å². The second kappa shape index (κ2) is 4.99. The van der Waals surface area contributed by atoms with Crippen LogP contribution >= 0.6 is 0 Å². The maximum atomic E-state index is 13.5. The highest BCUT2D eigenvalue weighted by atomic mass is 19.1. The van der Waals surface area contributed by atoms with Crippen molar-refractivity contribution in [2.24, 2.45) is 0 Å². The summed E-state index contributed by atoms with van der Waals surface area (Å²) in [5.74, 6) is -0.879. The highest BCUT2D eigenvalue weighted by Gasteiger charge is 2.48. The van der Waals surface area contributed by atoms with Crippen molar-refractivity contribution in [2.45, 2.75) is 32.2 Å². The maximum Gasteiger partial charge on any atom is 0.250 e. The first-order valence-electron chi connectivity index (χ1n) is 6.35. The van der Waals surface area contributed by atoms with Crippen LogP contribution in [0.1, 0.15) is 26.7 Å². The molecule has 1 saturated heterocycles. The van der Waals surface area contributed by atoms with Crippen LogP contribution in [0.15, 0.2) is 24.3 Å². The van der Waals surface area contributed by atoms with Gasteiger partial charge < -0.3 is 10.2 Å². The lowest BCUT2D eigenvalue weighted by Gasteiger charge is -2.49. The van der Waals surface area contributed by atoms with Crippen LogP contribution in [0.25, 0.3) is 0 Å². The van der Waals surface area contributed by atoms with Gasteiger partial charge in [-0.05, 0) is 25.5 Å². The molecule has 1 unspecified atom stereocenters. The monoisotopic (exact) mass is 264 g/mol. The molecule has 0 aromatic heterocycles. The highest BCUT2D eigenvalue weighted by molar-refractivity contribution is 6.01. The molecule has 1 aromatic carbocycles. The molecule has 2 amide bonds. The van der Waals surface area contributed by atoms with E-state index in [4.69, 9.17) is 0 Å². The lowest BCUT2D eigenvalue weighted by molar-refractivity contribution is -0.154. The number of halogens is 1. The minimum absolute atomic E-state index is 0.0579. The number of nitrogens with zero attached hydrogens (tertiary/aromatic N) is 1. The first-order valence-corrected chi connectivity index (χ1v) is 6.35. The number of carbonyl (C=O) groups excluding carboxylic acids is 2. The number of amides is 2. The van der Waals surface area contributed by atoms with E-state index in [0.29, 0.717) is 19.4 Å². The number of rotatable bonds is 3. The van der Waals surface area contributed by atoms with Gasteiger partial charge in [-0.1, -0.05) is 19.1 Å². The Morgan fingerprint density at radius 3 is 2.63 bits per heavy atom. The molecule has 1 heterocycles. The molecule has 19 heavy (non-hydrogen) atoms. The van der Waals surface area contributed by atoms with Crippen LogP contribution in [0.3, 0.4) is 0 Å². The molecule has 1 aliphatic heterocycles. The summed E-state index contributed by atoms with van der Waals surface area (Å²) in [6, 6.07) is 5.99. The average molecular weight is 264 g/mol. The minimum atomic E-state index is -0.866. The number of carbonyl (C=O) groups is 2. The lowest BCUT2D eigenvalue weighted by atomic mass is 9.85. The Hall–Kier alpha value is -1.91. The van der Waals surface area contributed by atoms with Crippen molar-refractivity contribution in [3.8, 4) is 0 Å². The molecule has 0 spiro atoms. The third-order valence-electron chi connectivity index (χ3n) is 3.63. The predicted octanol–water partition coefficient (Wildman–Crippen LogP) is 2.17. The topological polar surface area (TPSA) is 49.4 Å². The fraction of sp³-hybridized carbons (Fsp3) is 0.429. The van der Waals surface area contributed by atoms with Crippen LogP contribution in [0.5, 0.6) is 0 Å². The van der Waals surface area contributed by atoms with Crippen LogP contribution < -0.4 is 5.32 Å². The Morgan fingerprint density at radius 2 is 2.11 bits per heavy atom. The third kappa shape index (κ3) is 2.32. The number of hydrogen-bond acceptors (Lipinski definition) is 2. The van der Waals surface area contributed by atoms with Crippen LogP contribution in [-0.4, -0.2) is 28.8 Å². The van der Waals surface area contributed by atoms with Gasteiger partial charge >= 0.3 is 0 Å². The van der Waals surface area contributed by atoms with E-state index in [1.54, 1.807) is 30.9 Å². The number of nitrogens with one attached hydrogen (secondary N) is 1. The van der Waals surface area contributed by atoms with E-state index in [1.807, 2.05) is 0 Å². The zero-order valence-corrected chi connectivity index (χ0v) is 11.1. The van der Waals surface area contributed by atoms with Crippen LogP contribution in [-0.2, 0) is 9.59 Å². The highest BCUT2D eigenvalue weighted by Crippen LogP contribution is 2.32. The number of hydrogen-bond donors (Lipinski definition) is 1. The van der Waals surface area contributed by atoms with Crippen molar-refractivity contribution in [3.63, 3.8) is 0 Å². The van der Waals surface area contributed by atoms with E-state index in [2.05, 4.69) is 5.32 Å². The van der Waals surface area contributed by atoms with Gasteiger partial charge in [-0.3, -0.25) is 9.59 Å². The largest absolute Gasteiger partial charge is 0.328 e. The number of anilines is 1. The van der Waals surface area contributed by atoms with E-state index in [1.165, 1.54) is 12.1 Å². The van der Waals surface area contributed by atoms with Gasteiger partial charge in [0, 0.05) is 13.0 Å². The maximum absolute atomic E-state index is 13.5. The Morgan fingerprint density at radius 1 is 1.42 bits per heavy atom. The number of benzene rings is 1. The zero-order chi connectivity index (χ0) is 14.0. The van der Waals surface area contributed by atoms with E-state index >= 15 is 0 Å². The summed E-state index contributed by atoms with van der Waals surface area (Å²) in [6.07, 6.45) is 0.960. The van der Waals surface area contributed by atoms with Crippen LogP contribution in [0.2, 0.25) is 0 Å².